The van der Waals surface area contributed by atoms with Gasteiger partial charge < -0.3 is 15.2 Å². The Kier molecular flexibility index (Phi) is 4.93. The molecule has 2 aliphatic rings. The van der Waals surface area contributed by atoms with E-state index in [0.29, 0.717) is 24.0 Å². The summed E-state index contributed by atoms with van der Waals surface area (Å²) in [5.74, 6) is -0.614. The number of allylic oxidation sites excluding steroid dienone is 3. The van der Waals surface area contributed by atoms with Crippen LogP contribution in [-0.4, -0.2) is 23.5 Å². The normalized spacial score (nSPS) is 20.2. The van der Waals surface area contributed by atoms with Crippen LogP contribution >= 0.6 is 0 Å². The smallest absolute Gasteiger partial charge is 0.336 e. The minimum Gasteiger partial charge on any atom is -0.508 e. The molecule has 0 unspecified atom stereocenters. The number of rotatable bonds is 4. The van der Waals surface area contributed by atoms with Gasteiger partial charge in [-0.25, -0.2) is 4.79 Å². The molecule has 0 amide bonds. The molecule has 1 heterocycles. The highest BCUT2D eigenvalue weighted by molar-refractivity contribution is 6.03. The molecule has 1 aliphatic heterocycles. The van der Waals surface area contributed by atoms with E-state index in [9.17, 15) is 14.7 Å². The highest BCUT2D eigenvalue weighted by atomic mass is 16.5. The summed E-state index contributed by atoms with van der Waals surface area (Å²) in [6.45, 7) is 4.03. The van der Waals surface area contributed by atoms with Crippen molar-refractivity contribution in [1.29, 1.82) is 0 Å². The molecule has 132 valence electrons. The van der Waals surface area contributed by atoms with Crippen LogP contribution in [0.1, 0.15) is 51.0 Å². The zero-order valence-electron chi connectivity index (χ0n) is 14.6. The Bertz CT molecular complexity index is 758. The van der Waals surface area contributed by atoms with Crippen LogP contribution in [0.25, 0.3) is 0 Å². The molecule has 1 aromatic carbocycles. The molecule has 5 nitrogen and oxygen atoms in total. The van der Waals surface area contributed by atoms with Crippen molar-refractivity contribution in [3.63, 3.8) is 0 Å². The molecule has 0 saturated carbocycles. The van der Waals surface area contributed by atoms with Crippen LogP contribution in [0.15, 0.2) is 46.8 Å². The first-order valence-electron chi connectivity index (χ1n) is 8.79. The highest BCUT2D eigenvalue weighted by Crippen LogP contribution is 2.43. The van der Waals surface area contributed by atoms with E-state index < -0.39 is 11.9 Å². The first-order chi connectivity index (χ1) is 12.1. The third-order valence-electron chi connectivity index (χ3n) is 4.74. The summed E-state index contributed by atoms with van der Waals surface area (Å²) >= 11 is 0. The summed E-state index contributed by atoms with van der Waals surface area (Å²) in [4.78, 5) is 25.4. The average Bonchev–Trinajstić information content (AvgIpc) is 2.61. The zero-order valence-corrected chi connectivity index (χ0v) is 14.6. The van der Waals surface area contributed by atoms with Crippen LogP contribution in [0.2, 0.25) is 0 Å². The van der Waals surface area contributed by atoms with Crippen LogP contribution in [0.4, 0.5) is 0 Å². The molecule has 1 aromatic rings. The van der Waals surface area contributed by atoms with Crippen LogP contribution in [-0.2, 0) is 14.3 Å². The minimum absolute atomic E-state index is 0.0729. The van der Waals surface area contributed by atoms with Crippen molar-refractivity contribution < 1.29 is 19.4 Å². The number of carbonyl (C=O) groups excluding carboxylic acids is 2. The summed E-state index contributed by atoms with van der Waals surface area (Å²) in [5.41, 5.74) is 3.71. The van der Waals surface area contributed by atoms with E-state index >= 15 is 0 Å². The zero-order chi connectivity index (χ0) is 18.0. The topological polar surface area (TPSA) is 75.6 Å². The second-order valence-electron chi connectivity index (χ2n) is 6.28. The predicted octanol–water partition coefficient (Wildman–Crippen LogP) is 3.31. The lowest BCUT2D eigenvalue weighted by Gasteiger charge is -2.34. The minimum atomic E-state index is -0.446. The molecular formula is C20H23NO4. The van der Waals surface area contributed by atoms with E-state index in [2.05, 4.69) is 5.32 Å². The fourth-order valence-corrected chi connectivity index (χ4v) is 3.63. The quantitative estimate of drug-likeness (QED) is 0.822. The monoisotopic (exact) mass is 341 g/mol. The Morgan fingerprint density at radius 2 is 1.96 bits per heavy atom. The van der Waals surface area contributed by atoms with Crippen molar-refractivity contribution in [1.82, 2.24) is 5.32 Å². The number of esters is 1. The predicted molar refractivity (Wildman–Crippen MR) is 93.8 cm³/mol. The number of phenolic OH excluding ortho intramolecular Hbond substituents is 1. The standard InChI is InChI=1S/C20H23NO4/c1-3-14-19(20(24)25-4-2)17(12-8-10-13(22)11-9-12)18-15(21-14)6-5-7-16(18)23/h8-11,17,21-22H,3-7H2,1-2H3/t17-/m1/s1. The fourth-order valence-electron chi connectivity index (χ4n) is 3.63. The van der Waals surface area contributed by atoms with Gasteiger partial charge in [-0.2, -0.15) is 0 Å². The molecule has 25 heavy (non-hydrogen) atoms. The average molecular weight is 341 g/mol. The molecule has 0 radical (unpaired) electrons. The van der Waals surface area contributed by atoms with Crippen LogP contribution < -0.4 is 5.32 Å². The SMILES string of the molecule is CCOC(=O)C1=C(CC)NC2=C(C(=O)CCC2)[C@H]1c1ccc(O)cc1. The van der Waals surface area contributed by atoms with E-state index in [1.165, 1.54) is 0 Å². The number of carbonyl (C=O) groups is 2. The number of aromatic hydroxyl groups is 1. The molecule has 1 atom stereocenters. The Hall–Kier alpha value is -2.56. The number of hydrogen-bond donors (Lipinski definition) is 2. The van der Waals surface area contributed by atoms with E-state index in [4.69, 9.17) is 4.74 Å². The Labute approximate surface area is 147 Å². The van der Waals surface area contributed by atoms with Crippen molar-refractivity contribution in [2.75, 3.05) is 6.61 Å². The van der Waals surface area contributed by atoms with Crippen LogP contribution in [0, 0.1) is 0 Å². The maximum absolute atomic E-state index is 12.7. The summed E-state index contributed by atoms with van der Waals surface area (Å²) in [6.07, 6.45) is 2.76. The Morgan fingerprint density at radius 3 is 2.60 bits per heavy atom. The lowest BCUT2D eigenvalue weighted by molar-refractivity contribution is -0.138. The van der Waals surface area contributed by atoms with Crippen molar-refractivity contribution in [3.8, 4) is 5.75 Å². The molecule has 0 fully saturated rings. The second kappa shape index (κ2) is 7.13. The van der Waals surface area contributed by atoms with E-state index in [-0.39, 0.29) is 18.1 Å². The Morgan fingerprint density at radius 1 is 1.24 bits per heavy atom. The Balaban J connectivity index is 2.18. The van der Waals surface area contributed by atoms with Gasteiger partial charge in [0.25, 0.3) is 0 Å². The van der Waals surface area contributed by atoms with E-state index in [0.717, 1.165) is 29.8 Å². The summed E-state index contributed by atoms with van der Waals surface area (Å²) in [5, 5.41) is 12.9. The number of ketones is 1. The molecule has 0 aromatic heterocycles. The van der Waals surface area contributed by atoms with Gasteiger partial charge in [-0.3, -0.25) is 4.79 Å². The number of dihydropyridines is 1. The number of ether oxygens (including phenoxy) is 1. The first kappa shape index (κ1) is 17.3. The fraction of sp³-hybridized carbons (Fsp3) is 0.400. The van der Waals surface area contributed by atoms with Crippen molar-refractivity contribution in [2.24, 2.45) is 0 Å². The van der Waals surface area contributed by atoms with Gasteiger partial charge in [-0.05, 0) is 43.9 Å². The maximum atomic E-state index is 12.7. The second-order valence-corrected chi connectivity index (χ2v) is 6.28. The number of Topliss-reactive ketones (excluding diaryl/α,β-unsaturated/α-hetero) is 1. The van der Waals surface area contributed by atoms with Gasteiger partial charge in [-0.1, -0.05) is 19.1 Å². The molecule has 1 aliphatic carbocycles. The van der Waals surface area contributed by atoms with E-state index in [1.54, 1.807) is 31.2 Å². The molecule has 0 spiro atoms. The van der Waals surface area contributed by atoms with Crippen molar-refractivity contribution in [3.05, 3.63) is 52.4 Å². The molecule has 2 N–H and O–H groups in total. The number of benzene rings is 1. The van der Waals surface area contributed by atoms with Gasteiger partial charge >= 0.3 is 5.97 Å². The molecule has 3 rings (SSSR count). The van der Waals surface area contributed by atoms with Gasteiger partial charge in [0.15, 0.2) is 5.78 Å². The first-order valence-corrected chi connectivity index (χ1v) is 8.79. The third-order valence-corrected chi connectivity index (χ3v) is 4.74. The molecule has 0 saturated heterocycles. The van der Waals surface area contributed by atoms with Gasteiger partial charge in [0.05, 0.1) is 12.2 Å². The molecule has 5 heteroatoms. The lowest BCUT2D eigenvalue weighted by atomic mass is 9.75. The van der Waals surface area contributed by atoms with Gasteiger partial charge in [0.2, 0.25) is 0 Å². The lowest BCUT2D eigenvalue weighted by Crippen LogP contribution is -2.35. The van der Waals surface area contributed by atoms with Gasteiger partial charge in [0.1, 0.15) is 5.75 Å². The largest absolute Gasteiger partial charge is 0.508 e. The summed E-state index contributed by atoms with van der Waals surface area (Å²) < 4.78 is 5.28. The summed E-state index contributed by atoms with van der Waals surface area (Å²) in [7, 11) is 0. The van der Waals surface area contributed by atoms with Crippen molar-refractivity contribution in [2.45, 2.75) is 45.4 Å². The van der Waals surface area contributed by atoms with Gasteiger partial charge in [-0.15, -0.1) is 0 Å². The number of nitrogens with one attached hydrogen (secondary N) is 1. The molecular weight excluding hydrogens is 318 g/mol. The summed E-state index contributed by atoms with van der Waals surface area (Å²) in [6, 6.07) is 6.70. The number of phenols is 1. The maximum Gasteiger partial charge on any atom is 0.336 e. The van der Waals surface area contributed by atoms with E-state index in [1.807, 2.05) is 6.92 Å². The number of hydrogen-bond acceptors (Lipinski definition) is 5. The van der Waals surface area contributed by atoms with Crippen molar-refractivity contribution >= 4 is 11.8 Å². The van der Waals surface area contributed by atoms with Gasteiger partial charge in [0, 0.05) is 29.3 Å². The third kappa shape index (κ3) is 3.18. The molecule has 0 bridgehead atoms. The van der Waals surface area contributed by atoms with Crippen LogP contribution in [0.5, 0.6) is 5.75 Å². The highest BCUT2D eigenvalue weighted by Gasteiger charge is 2.39. The van der Waals surface area contributed by atoms with Crippen LogP contribution in [0.3, 0.4) is 0 Å².